The van der Waals surface area contributed by atoms with Gasteiger partial charge in [0.15, 0.2) is 0 Å². The van der Waals surface area contributed by atoms with E-state index in [0.717, 1.165) is 94.4 Å². The first-order chi connectivity index (χ1) is 20.0. The van der Waals surface area contributed by atoms with Gasteiger partial charge in [0.2, 0.25) is 10.0 Å². The molecule has 0 radical (unpaired) electrons. The average molecular weight is 586 g/mol. The van der Waals surface area contributed by atoms with Crippen molar-refractivity contribution in [3.05, 3.63) is 71.9 Å². The van der Waals surface area contributed by atoms with Crippen LogP contribution in [-0.2, 0) is 15.4 Å². The molecule has 0 spiro atoms. The number of piperidine rings is 1. The number of hydrogen-bond acceptors (Lipinski definition) is 7. The molecule has 0 amide bonds. The number of anilines is 2. The summed E-state index contributed by atoms with van der Waals surface area (Å²) >= 11 is 0. The lowest BCUT2D eigenvalue weighted by atomic mass is 9.79. The minimum atomic E-state index is -3.33. The van der Waals surface area contributed by atoms with E-state index in [1.165, 1.54) is 0 Å². The van der Waals surface area contributed by atoms with Crippen LogP contribution >= 0.6 is 0 Å². The number of imidazole rings is 1. The molecule has 3 aromatic heterocycles. The van der Waals surface area contributed by atoms with E-state index in [4.69, 9.17) is 9.72 Å². The van der Waals surface area contributed by atoms with Gasteiger partial charge in [0.25, 0.3) is 0 Å². The Labute approximate surface area is 245 Å². The number of aromatic amines is 2. The number of ether oxygens (including phenoxy) is 1. The largest absolute Gasteiger partial charge is 0.496 e. The third-order valence-electron chi connectivity index (χ3n) is 8.19. The summed E-state index contributed by atoms with van der Waals surface area (Å²) in [5.74, 6) is 2.80. The Hall–Kier alpha value is -4.38. The Kier molecular flexibility index (Phi) is 6.92. The monoisotopic (exact) mass is 585 g/mol. The highest BCUT2D eigenvalue weighted by atomic mass is 32.2. The van der Waals surface area contributed by atoms with Crippen LogP contribution in [0.5, 0.6) is 5.75 Å². The highest BCUT2D eigenvalue weighted by Crippen LogP contribution is 2.38. The molecule has 2 aromatic carbocycles. The molecule has 5 aromatic rings. The van der Waals surface area contributed by atoms with Crippen LogP contribution in [0.1, 0.15) is 36.8 Å². The van der Waals surface area contributed by atoms with Crippen LogP contribution in [0.2, 0.25) is 0 Å². The van der Waals surface area contributed by atoms with Gasteiger partial charge in [-0.25, -0.2) is 23.4 Å². The predicted octanol–water partition coefficient (Wildman–Crippen LogP) is 5.57. The quantitative estimate of drug-likeness (QED) is 0.228. The number of aryl methyl sites for hydroxylation is 2. The van der Waals surface area contributed by atoms with E-state index in [0.29, 0.717) is 5.69 Å². The van der Waals surface area contributed by atoms with Gasteiger partial charge in [-0.05, 0) is 74.2 Å². The Balaban J connectivity index is 1.21. The molecule has 218 valence electrons. The van der Waals surface area contributed by atoms with Crippen molar-refractivity contribution < 1.29 is 13.2 Å². The van der Waals surface area contributed by atoms with E-state index in [-0.39, 0.29) is 5.41 Å². The molecule has 6 rings (SSSR count). The molecule has 42 heavy (non-hydrogen) atoms. The fourth-order valence-electron chi connectivity index (χ4n) is 5.77. The zero-order valence-corrected chi connectivity index (χ0v) is 25.3. The Morgan fingerprint density at radius 2 is 1.69 bits per heavy atom. The maximum atomic E-state index is 11.5. The Morgan fingerprint density at radius 1 is 0.976 bits per heavy atom. The number of hydrogen-bond donors (Lipinski definition) is 3. The summed E-state index contributed by atoms with van der Waals surface area (Å²) in [6, 6.07) is 15.5. The topological polar surface area (TPSA) is 129 Å². The molecule has 0 unspecified atom stereocenters. The van der Waals surface area contributed by atoms with Crippen LogP contribution in [0.4, 0.5) is 11.5 Å². The molecule has 0 saturated carbocycles. The van der Waals surface area contributed by atoms with Gasteiger partial charge in [-0.15, -0.1) is 0 Å². The first kappa shape index (κ1) is 27.8. The smallest absolute Gasteiger partial charge is 0.229 e. The lowest BCUT2D eigenvalue weighted by Gasteiger charge is -2.38. The number of aromatic nitrogens is 5. The third-order valence-corrected chi connectivity index (χ3v) is 8.80. The fourth-order valence-corrected chi connectivity index (χ4v) is 6.33. The second-order valence-electron chi connectivity index (χ2n) is 11.4. The van der Waals surface area contributed by atoms with Crippen LogP contribution in [0.25, 0.3) is 33.5 Å². The van der Waals surface area contributed by atoms with Gasteiger partial charge < -0.3 is 19.6 Å². The molecule has 1 saturated heterocycles. The van der Waals surface area contributed by atoms with Gasteiger partial charge in [0.1, 0.15) is 29.4 Å². The van der Waals surface area contributed by atoms with Crippen LogP contribution in [0, 0.1) is 13.8 Å². The summed E-state index contributed by atoms with van der Waals surface area (Å²) in [6.45, 7) is 8.10. The first-order valence-electron chi connectivity index (χ1n) is 13.9. The van der Waals surface area contributed by atoms with E-state index in [1.807, 2.05) is 18.2 Å². The normalized spacial score (nSPS) is 15.2. The molecule has 1 fully saturated rings. The van der Waals surface area contributed by atoms with Crippen LogP contribution in [-0.4, -0.2) is 59.8 Å². The van der Waals surface area contributed by atoms with E-state index >= 15 is 0 Å². The highest BCUT2D eigenvalue weighted by Gasteiger charge is 2.36. The number of nitrogens with zero attached hydrogens (tertiary/aromatic N) is 4. The molecular weight excluding hydrogens is 550 g/mol. The van der Waals surface area contributed by atoms with Crippen molar-refractivity contribution in [1.82, 2.24) is 24.9 Å². The van der Waals surface area contributed by atoms with Crippen LogP contribution in [0.3, 0.4) is 0 Å². The van der Waals surface area contributed by atoms with Gasteiger partial charge in [0.05, 0.1) is 24.4 Å². The lowest BCUT2D eigenvalue weighted by molar-refractivity contribution is 0.345. The van der Waals surface area contributed by atoms with Crippen molar-refractivity contribution in [1.29, 1.82) is 0 Å². The fraction of sp³-hybridized carbons (Fsp3) is 0.323. The lowest BCUT2D eigenvalue weighted by Crippen LogP contribution is -2.42. The summed E-state index contributed by atoms with van der Waals surface area (Å²) < 4.78 is 31.0. The summed E-state index contributed by atoms with van der Waals surface area (Å²) in [7, 11) is -1.64. The van der Waals surface area contributed by atoms with Crippen molar-refractivity contribution >= 4 is 32.6 Å². The van der Waals surface area contributed by atoms with Crippen LogP contribution in [0.15, 0.2) is 54.9 Å². The molecule has 1 aliphatic heterocycles. The number of H-pyrrole nitrogens is 2. The first-order valence-corrected chi connectivity index (χ1v) is 15.8. The summed E-state index contributed by atoms with van der Waals surface area (Å²) in [6.07, 6.45) is 4.60. The molecule has 10 nitrogen and oxygen atoms in total. The SMILES string of the molecule is COc1ccc(-c2nc(C3(C)CCN(c4ncnc5[nH]c(-c6ccc(NS(C)(=O)=O)cc6)cc45)CC3)[nH]c2C)cc1C. The van der Waals surface area contributed by atoms with E-state index < -0.39 is 10.0 Å². The molecule has 1 aliphatic rings. The third kappa shape index (κ3) is 5.32. The maximum Gasteiger partial charge on any atom is 0.229 e. The van der Waals surface area contributed by atoms with Crippen molar-refractivity contribution in [2.45, 2.75) is 39.0 Å². The van der Waals surface area contributed by atoms with Crippen molar-refractivity contribution in [2.75, 3.05) is 36.1 Å². The van der Waals surface area contributed by atoms with Gasteiger partial charge in [0, 0.05) is 41.1 Å². The minimum absolute atomic E-state index is 0.0851. The number of nitrogens with one attached hydrogen (secondary N) is 3. The summed E-state index contributed by atoms with van der Waals surface area (Å²) in [4.78, 5) is 23.6. The van der Waals surface area contributed by atoms with Crippen molar-refractivity contribution in [3.8, 4) is 28.3 Å². The highest BCUT2D eigenvalue weighted by molar-refractivity contribution is 7.92. The summed E-state index contributed by atoms with van der Waals surface area (Å²) in [5.41, 5.74) is 7.25. The zero-order valence-electron chi connectivity index (χ0n) is 24.4. The molecule has 0 bridgehead atoms. The maximum absolute atomic E-state index is 11.5. The molecule has 3 N–H and O–H groups in total. The second-order valence-corrected chi connectivity index (χ2v) is 13.1. The second kappa shape index (κ2) is 10.5. The molecule has 0 aliphatic carbocycles. The summed E-state index contributed by atoms with van der Waals surface area (Å²) in [5, 5.41) is 0.959. The number of fused-ring (bicyclic) bond motifs is 1. The van der Waals surface area contributed by atoms with Gasteiger partial charge in [-0.2, -0.15) is 0 Å². The van der Waals surface area contributed by atoms with Crippen molar-refractivity contribution in [2.24, 2.45) is 0 Å². The van der Waals surface area contributed by atoms with Gasteiger partial charge in [-0.1, -0.05) is 19.1 Å². The molecule has 0 atom stereocenters. The Bertz CT molecular complexity index is 1870. The standard InChI is InChI=1S/C31H35N7O3S/c1-19-16-22(8-11-26(19)41-4)27-20(2)34-30(36-27)31(3)12-14-38(15-13-31)29-24-17-25(35-28(24)32-18-33-29)21-6-9-23(10-7-21)37-42(5,39)40/h6-11,16-18,37H,12-15H2,1-5H3,(H,34,36)(H,32,33,35). The molecule has 11 heteroatoms. The average Bonchev–Trinajstić information content (AvgIpc) is 3.57. The number of sulfonamides is 1. The van der Waals surface area contributed by atoms with Crippen molar-refractivity contribution in [3.63, 3.8) is 0 Å². The Morgan fingerprint density at radius 3 is 2.36 bits per heavy atom. The van der Waals surface area contributed by atoms with E-state index in [1.54, 1.807) is 25.6 Å². The van der Waals surface area contributed by atoms with E-state index in [9.17, 15) is 8.42 Å². The number of methoxy groups -OCH3 is 1. The van der Waals surface area contributed by atoms with Gasteiger partial charge in [-0.3, -0.25) is 4.72 Å². The minimum Gasteiger partial charge on any atom is -0.496 e. The number of rotatable bonds is 7. The predicted molar refractivity (Wildman–Crippen MR) is 167 cm³/mol. The zero-order chi connectivity index (χ0) is 29.6. The number of benzene rings is 2. The molecule has 4 heterocycles. The molecular formula is C31H35N7O3S. The van der Waals surface area contributed by atoms with Crippen LogP contribution < -0.4 is 14.4 Å². The van der Waals surface area contributed by atoms with E-state index in [2.05, 4.69) is 68.5 Å². The van der Waals surface area contributed by atoms with Gasteiger partial charge >= 0.3 is 0 Å².